The normalized spacial score (nSPS) is 16.7. The van der Waals surface area contributed by atoms with Crippen molar-refractivity contribution in [3.05, 3.63) is 77.5 Å². The van der Waals surface area contributed by atoms with Crippen LogP contribution in [0, 0.1) is 13.8 Å². The molecule has 4 rings (SSSR count). The quantitative estimate of drug-likeness (QED) is 0.481. The zero-order valence-corrected chi connectivity index (χ0v) is 16.7. The van der Waals surface area contributed by atoms with Gasteiger partial charge in [0.2, 0.25) is 5.69 Å². The van der Waals surface area contributed by atoms with Crippen molar-refractivity contribution in [2.24, 2.45) is 0 Å². The predicted molar refractivity (Wildman–Crippen MR) is 109 cm³/mol. The third kappa shape index (κ3) is 2.34. The van der Waals surface area contributed by atoms with Gasteiger partial charge in [0.05, 0.1) is 11.0 Å². The zero-order chi connectivity index (χ0) is 18.7. The summed E-state index contributed by atoms with van der Waals surface area (Å²) in [6, 6.07) is 20.2. The molecule has 3 aromatic rings. The lowest BCUT2D eigenvalue weighted by Gasteiger charge is -2.42. The van der Waals surface area contributed by atoms with E-state index in [1.54, 1.807) is 0 Å². The van der Waals surface area contributed by atoms with E-state index in [2.05, 4.69) is 107 Å². The smallest absolute Gasteiger partial charge is 0.192 e. The first kappa shape index (κ1) is 17.0. The number of benzene rings is 2. The molecule has 26 heavy (non-hydrogen) atoms. The summed E-state index contributed by atoms with van der Waals surface area (Å²) in [7, 11) is 0. The highest BCUT2D eigenvalue weighted by Gasteiger charge is 2.52. The van der Waals surface area contributed by atoms with Crippen molar-refractivity contribution in [3.8, 4) is 22.4 Å². The lowest BCUT2D eigenvalue weighted by atomic mass is 9.65. The Kier molecular flexibility index (Phi) is 3.63. The van der Waals surface area contributed by atoms with Gasteiger partial charge in [-0.05, 0) is 51.0 Å². The molecule has 0 aliphatic carbocycles. The van der Waals surface area contributed by atoms with Gasteiger partial charge in [-0.1, -0.05) is 47.5 Å². The number of nitrogens with zero attached hydrogens (tertiary/aromatic N) is 1. The summed E-state index contributed by atoms with van der Waals surface area (Å²) in [5.41, 5.74) is 9.31. The highest BCUT2D eigenvalue weighted by atomic mass is 15.1. The third-order valence-corrected chi connectivity index (χ3v) is 6.51. The van der Waals surface area contributed by atoms with Crippen molar-refractivity contribution in [1.29, 1.82) is 0 Å². The number of fused-ring (bicyclic) bond motifs is 3. The molecule has 1 nitrogen and oxygen atoms in total. The first-order chi connectivity index (χ1) is 12.2. The maximum absolute atomic E-state index is 2.49. The summed E-state index contributed by atoms with van der Waals surface area (Å²) in [6.45, 7) is 13.8. The Morgan fingerprint density at radius 1 is 0.731 bits per heavy atom. The van der Waals surface area contributed by atoms with Crippen molar-refractivity contribution < 1.29 is 4.57 Å². The van der Waals surface area contributed by atoms with Crippen LogP contribution in [0.1, 0.15) is 44.4 Å². The summed E-state index contributed by atoms with van der Waals surface area (Å²) >= 11 is 0. The molecule has 0 spiro atoms. The summed E-state index contributed by atoms with van der Waals surface area (Å²) in [5, 5.41) is 0. The predicted octanol–water partition coefficient (Wildman–Crippen LogP) is 5.95. The van der Waals surface area contributed by atoms with Gasteiger partial charge in [-0.3, -0.25) is 0 Å². The van der Waals surface area contributed by atoms with Crippen molar-refractivity contribution in [1.82, 2.24) is 0 Å². The van der Waals surface area contributed by atoms with Crippen molar-refractivity contribution >= 4 is 0 Å². The SMILES string of the molecule is Cc1cc(C)cc(-c2ccc3[n+](c2)C(C)(C)C(C)(C)c2ccccc2-3)c1. The van der Waals surface area contributed by atoms with E-state index in [-0.39, 0.29) is 11.0 Å². The first-order valence-electron chi connectivity index (χ1n) is 9.46. The van der Waals surface area contributed by atoms with Gasteiger partial charge in [0.1, 0.15) is 0 Å². The summed E-state index contributed by atoms with van der Waals surface area (Å²) in [5.74, 6) is 0. The molecule has 2 aromatic carbocycles. The highest BCUT2D eigenvalue weighted by molar-refractivity contribution is 5.69. The number of pyridine rings is 1. The molecular formula is C25H28N+. The molecule has 1 aromatic heterocycles. The summed E-state index contributed by atoms with van der Waals surface area (Å²) < 4.78 is 2.49. The highest BCUT2D eigenvalue weighted by Crippen LogP contribution is 2.45. The van der Waals surface area contributed by atoms with Crippen LogP contribution in [0.4, 0.5) is 0 Å². The maximum atomic E-state index is 2.49. The van der Waals surface area contributed by atoms with Gasteiger partial charge < -0.3 is 0 Å². The van der Waals surface area contributed by atoms with Crippen LogP contribution in [0.15, 0.2) is 60.8 Å². The topological polar surface area (TPSA) is 3.88 Å². The molecule has 1 aliphatic rings. The Bertz CT molecular complexity index is 988. The molecule has 2 heterocycles. The van der Waals surface area contributed by atoms with Crippen LogP contribution in [0.2, 0.25) is 0 Å². The van der Waals surface area contributed by atoms with Gasteiger partial charge in [-0.25, -0.2) is 0 Å². The number of aryl methyl sites for hydroxylation is 2. The van der Waals surface area contributed by atoms with Crippen molar-refractivity contribution in [3.63, 3.8) is 0 Å². The third-order valence-electron chi connectivity index (χ3n) is 6.51. The molecule has 1 heteroatoms. The standard InChI is InChI=1S/C25H28N/c1-17-13-18(2)15-20(14-17)19-11-12-23-21-9-7-8-10-22(21)24(3,4)25(5,6)26(23)16-19/h7-16H,1-6H3/q+1. The molecule has 0 radical (unpaired) electrons. The molecule has 0 atom stereocenters. The van der Waals surface area contributed by atoms with Crippen LogP contribution in [-0.4, -0.2) is 0 Å². The van der Waals surface area contributed by atoms with Crippen molar-refractivity contribution in [2.45, 2.75) is 52.5 Å². The Balaban J connectivity index is 1.99. The number of rotatable bonds is 1. The fraction of sp³-hybridized carbons (Fsp3) is 0.320. The van der Waals surface area contributed by atoms with Gasteiger partial charge >= 0.3 is 0 Å². The monoisotopic (exact) mass is 342 g/mol. The van der Waals surface area contributed by atoms with E-state index in [4.69, 9.17) is 0 Å². The van der Waals surface area contributed by atoms with E-state index in [9.17, 15) is 0 Å². The molecule has 0 amide bonds. The second-order valence-electron chi connectivity index (χ2n) is 8.78. The summed E-state index contributed by atoms with van der Waals surface area (Å²) in [6.07, 6.45) is 2.35. The fourth-order valence-electron chi connectivity index (χ4n) is 4.38. The minimum absolute atomic E-state index is 0.0223. The van der Waals surface area contributed by atoms with E-state index >= 15 is 0 Å². The lowest BCUT2D eigenvalue weighted by molar-refractivity contribution is -0.759. The largest absolute Gasteiger partial charge is 0.213 e. The molecule has 0 unspecified atom stereocenters. The van der Waals surface area contributed by atoms with Gasteiger partial charge in [0, 0.05) is 25.5 Å². The van der Waals surface area contributed by atoms with Gasteiger partial charge in [-0.2, -0.15) is 4.57 Å². The van der Waals surface area contributed by atoms with Crippen LogP contribution in [-0.2, 0) is 11.0 Å². The average molecular weight is 343 g/mol. The van der Waals surface area contributed by atoms with E-state index in [0.29, 0.717) is 0 Å². The second-order valence-corrected chi connectivity index (χ2v) is 8.78. The molecular weight excluding hydrogens is 314 g/mol. The zero-order valence-electron chi connectivity index (χ0n) is 16.7. The van der Waals surface area contributed by atoms with Crippen molar-refractivity contribution in [2.75, 3.05) is 0 Å². The Morgan fingerprint density at radius 2 is 1.38 bits per heavy atom. The Hall–Kier alpha value is -2.41. The van der Waals surface area contributed by atoms with E-state index in [0.717, 1.165) is 0 Å². The molecule has 0 saturated heterocycles. The minimum Gasteiger partial charge on any atom is -0.192 e. The first-order valence-corrected chi connectivity index (χ1v) is 9.46. The van der Waals surface area contributed by atoms with Crippen LogP contribution < -0.4 is 4.57 Å². The molecule has 0 saturated carbocycles. The minimum atomic E-state index is -0.0223. The Labute approximate surface area is 157 Å². The maximum Gasteiger partial charge on any atom is 0.213 e. The molecule has 1 aliphatic heterocycles. The summed E-state index contributed by atoms with van der Waals surface area (Å²) in [4.78, 5) is 0. The lowest BCUT2D eigenvalue weighted by Crippen LogP contribution is -2.65. The van der Waals surface area contributed by atoms with E-state index in [1.165, 1.54) is 39.1 Å². The molecule has 0 bridgehead atoms. The fourth-order valence-corrected chi connectivity index (χ4v) is 4.38. The second kappa shape index (κ2) is 5.54. The number of hydrogen-bond acceptors (Lipinski definition) is 0. The number of aromatic nitrogens is 1. The molecule has 132 valence electrons. The van der Waals surface area contributed by atoms with Gasteiger partial charge in [0.25, 0.3) is 0 Å². The van der Waals surface area contributed by atoms with E-state index < -0.39 is 0 Å². The average Bonchev–Trinajstić information content (AvgIpc) is 2.59. The molecule has 0 fully saturated rings. The van der Waals surface area contributed by atoms with Crippen LogP contribution >= 0.6 is 0 Å². The van der Waals surface area contributed by atoms with Gasteiger partial charge in [-0.15, -0.1) is 0 Å². The van der Waals surface area contributed by atoms with E-state index in [1.807, 2.05) is 0 Å². The van der Waals surface area contributed by atoms with Crippen LogP contribution in [0.3, 0.4) is 0 Å². The van der Waals surface area contributed by atoms with Gasteiger partial charge in [0.15, 0.2) is 11.7 Å². The van der Waals surface area contributed by atoms with Crippen LogP contribution in [0.5, 0.6) is 0 Å². The molecule has 0 N–H and O–H groups in total. The van der Waals surface area contributed by atoms with Crippen LogP contribution in [0.25, 0.3) is 22.4 Å². The number of hydrogen-bond donors (Lipinski definition) is 0. The Morgan fingerprint density at radius 3 is 2.08 bits per heavy atom.